The molecule has 0 aromatic heterocycles. The van der Waals surface area contributed by atoms with Gasteiger partial charge in [0.1, 0.15) is 11.5 Å². The van der Waals surface area contributed by atoms with E-state index in [-0.39, 0.29) is 43.4 Å². The van der Waals surface area contributed by atoms with Gasteiger partial charge in [0.2, 0.25) is 0 Å². The van der Waals surface area contributed by atoms with E-state index in [0.29, 0.717) is 24.6 Å². The fraction of sp³-hybridized carbons (Fsp3) is 0.576. The minimum absolute atomic E-state index is 0. The Morgan fingerprint density at radius 1 is 0.553 bits per heavy atom. The van der Waals surface area contributed by atoms with Crippen LogP contribution in [-0.2, 0) is 43.4 Å². The van der Waals surface area contributed by atoms with Crippen molar-refractivity contribution in [3.05, 3.63) is 57.6 Å². The van der Waals surface area contributed by atoms with Gasteiger partial charge in [-0.1, -0.05) is 95.2 Å². The first-order valence-electron chi connectivity index (χ1n) is 13.5. The first-order chi connectivity index (χ1) is 16.7. The van der Waals surface area contributed by atoms with Crippen LogP contribution < -0.4 is 0 Å². The van der Waals surface area contributed by atoms with E-state index >= 15 is 0 Å². The van der Waals surface area contributed by atoms with Crippen LogP contribution in [0.1, 0.15) is 123 Å². The molecule has 0 saturated heterocycles. The molecule has 0 aliphatic heterocycles. The third-order valence-corrected chi connectivity index (χ3v) is 6.66. The maximum Gasteiger partial charge on any atom is 0.128 e. The van der Waals surface area contributed by atoms with Gasteiger partial charge in [-0.05, 0) is 51.3 Å². The van der Waals surface area contributed by atoms with E-state index in [2.05, 4.69) is 105 Å². The standard InChI is InChI=1S/C33H50N2O2.Ti/c1-30(2,3)24-16-22(28(36)26(18-24)32(7,8)9)20-34-14-13-15-35-21-23-17-25(31(4,5)6)19-27(29(23)37)33(10,11)12;/h16-21,36-37H,13-15H2,1-12H3;. The normalized spacial score (nSPS) is 13.4. The molecular formula is C33H50N2O2Ti. The van der Waals surface area contributed by atoms with Gasteiger partial charge in [0.05, 0.1) is 0 Å². The average molecular weight is 555 g/mol. The van der Waals surface area contributed by atoms with E-state index in [1.807, 2.05) is 12.1 Å². The van der Waals surface area contributed by atoms with Gasteiger partial charge in [0, 0.05) is 69.5 Å². The molecule has 0 amide bonds. The van der Waals surface area contributed by atoms with E-state index in [0.717, 1.165) is 28.7 Å². The van der Waals surface area contributed by atoms with Crippen LogP contribution in [0.2, 0.25) is 0 Å². The molecule has 0 heterocycles. The maximum absolute atomic E-state index is 10.9. The minimum atomic E-state index is -0.161. The maximum atomic E-state index is 10.9. The van der Waals surface area contributed by atoms with Crippen LogP contribution in [0.25, 0.3) is 0 Å². The van der Waals surface area contributed by atoms with Gasteiger partial charge in [-0.2, -0.15) is 0 Å². The quantitative estimate of drug-likeness (QED) is 0.215. The molecule has 4 nitrogen and oxygen atoms in total. The topological polar surface area (TPSA) is 65.2 Å². The summed E-state index contributed by atoms with van der Waals surface area (Å²) in [6.45, 7) is 27.0. The van der Waals surface area contributed by atoms with Crippen LogP contribution in [0.4, 0.5) is 0 Å². The van der Waals surface area contributed by atoms with Gasteiger partial charge in [-0.15, -0.1) is 0 Å². The van der Waals surface area contributed by atoms with E-state index in [9.17, 15) is 10.2 Å². The predicted octanol–water partition coefficient (Wildman–Crippen LogP) is 8.21. The molecule has 208 valence electrons. The van der Waals surface area contributed by atoms with Crippen LogP contribution in [0.15, 0.2) is 34.3 Å². The molecule has 0 aliphatic carbocycles. The van der Waals surface area contributed by atoms with Gasteiger partial charge < -0.3 is 10.2 Å². The Morgan fingerprint density at radius 3 is 1.13 bits per heavy atom. The second-order valence-electron chi connectivity index (χ2n) is 14.3. The molecule has 0 unspecified atom stereocenters. The van der Waals surface area contributed by atoms with Crippen molar-refractivity contribution in [1.29, 1.82) is 0 Å². The van der Waals surface area contributed by atoms with Crippen molar-refractivity contribution in [1.82, 2.24) is 0 Å². The molecule has 2 N–H and O–H groups in total. The Balaban J connectivity index is 0.00000722. The molecule has 0 fully saturated rings. The van der Waals surface area contributed by atoms with Crippen molar-refractivity contribution in [2.24, 2.45) is 9.98 Å². The SMILES string of the molecule is CC(C)(C)c1cc(C=NCCCN=Cc2cc(C(C)(C)C)cc(C(C)(C)C)c2O)c(O)c(C(C)(C)C)c1.[Ti]. The van der Waals surface area contributed by atoms with E-state index < -0.39 is 0 Å². The molecule has 2 aromatic carbocycles. The second-order valence-corrected chi connectivity index (χ2v) is 14.3. The summed E-state index contributed by atoms with van der Waals surface area (Å²) in [5, 5.41) is 21.9. The molecule has 0 spiro atoms. The molecule has 0 aliphatic rings. The Hall–Kier alpha value is -1.91. The summed E-state index contributed by atoms with van der Waals surface area (Å²) in [4.78, 5) is 9.19. The molecule has 38 heavy (non-hydrogen) atoms. The van der Waals surface area contributed by atoms with Gasteiger partial charge >= 0.3 is 0 Å². The van der Waals surface area contributed by atoms with Crippen molar-refractivity contribution in [2.45, 2.75) is 111 Å². The number of phenols is 2. The molecular weight excluding hydrogens is 504 g/mol. The Bertz CT molecular complexity index is 1060. The fourth-order valence-electron chi connectivity index (χ4n) is 4.10. The Labute approximate surface area is 247 Å². The van der Waals surface area contributed by atoms with Crippen molar-refractivity contribution in [3.8, 4) is 11.5 Å². The predicted molar refractivity (Wildman–Crippen MR) is 161 cm³/mol. The zero-order valence-corrected chi connectivity index (χ0v) is 27.4. The van der Waals surface area contributed by atoms with Gasteiger partial charge in [-0.3, -0.25) is 9.98 Å². The van der Waals surface area contributed by atoms with Crippen LogP contribution >= 0.6 is 0 Å². The van der Waals surface area contributed by atoms with E-state index in [4.69, 9.17) is 0 Å². The van der Waals surface area contributed by atoms with Crippen molar-refractivity contribution < 1.29 is 31.9 Å². The fourth-order valence-corrected chi connectivity index (χ4v) is 4.10. The van der Waals surface area contributed by atoms with Crippen molar-refractivity contribution in [3.63, 3.8) is 0 Å². The number of phenolic OH excluding ortho intramolecular Hbond substituents is 2. The number of aromatic hydroxyl groups is 2. The largest absolute Gasteiger partial charge is 0.507 e. The monoisotopic (exact) mass is 554 g/mol. The number of hydrogen-bond acceptors (Lipinski definition) is 4. The minimum Gasteiger partial charge on any atom is -0.507 e. The molecule has 0 saturated carbocycles. The first-order valence-corrected chi connectivity index (χ1v) is 13.5. The summed E-state index contributed by atoms with van der Waals surface area (Å²) in [5.41, 5.74) is 5.43. The molecule has 5 heteroatoms. The smallest absolute Gasteiger partial charge is 0.128 e. The van der Waals surface area contributed by atoms with Crippen molar-refractivity contribution >= 4 is 12.4 Å². The van der Waals surface area contributed by atoms with Crippen LogP contribution in [-0.4, -0.2) is 35.7 Å². The van der Waals surface area contributed by atoms with Gasteiger partial charge in [-0.25, -0.2) is 0 Å². The number of rotatable bonds is 6. The van der Waals surface area contributed by atoms with Crippen LogP contribution in [0.3, 0.4) is 0 Å². The molecule has 0 radical (unpaired) electrons. The van der Waals surface area contributed by atoms with Crippen molar-refractivity contribution in [2.75, 3.05) is 13.1 Å². The summed E-state index contributed by atoms with van der Waals surface area (Å²) in [7, 11) is 0. The third-order valence-electron chi connectivity index (χ3n) is 6.66. The Kier molecular flexibility index (Phi) is 11.2. The van der Waals surface area contributed by atoms with Crippen LogP contribution in [0, 0.1) is 0 Å². The third kappa shape index (κ3) is 9.09. The zero-order chi connectivity index (χ0) is 28.4. The molecule has 0 atom stereocenters. The van der Waals surface area contributed by atoms with E-state index in [1.54, 1.807) is 12.4 Å². The summed E-state index contributed by atoms with van der Waals surface area (Å²) >= 11 is 0. The number of aliphatic imine (C=N–C) groups is 2. The van der Waals surface area contributed by atoms with E-state index in [1.165, 1.54) is 11.1 Å². The summed E-state index contributed by atoms with van der Waals surface area (Å²) in [5.74, 6) is 0.622. The number of hydrogen-bond donors (Lipinski definition) is 2. The Morgan fingerprint density at radius 2 is 0.868 bits per heavy atom. The van der Waals surface area contributed by atoms with Gasteiger partial charge in [0.25, 0.3) is 0 Å². The second kappa shape index (κ2) is 12.5. The molecule has 2 aromatic rings. The molecule has 0 bridgehead atoms. The van der Waals surface area contributed by atoms with Crippen LogP contribution in [0.5, 0.6) is 11.5 Å². The number of benzene rings is 2. The summed E-state index contributed by atoms with van der Waals surface area (Å²) in [6, 6.07) is 8.33. The van der Waals surface area contributed by atoms with Gasteiger partial charge in [0.15, 0.2) is 0 Å². The average Bonchev–Trinajstić information content (AvgIpc) is 2.71. The first kappa shape index (κ1) is 34.1. The zero-order valence-electron chi connectivity index (χ0n) is 25.9. The summed E-state index contributed by atoms with van der Waals surface area (Å²) in [6.07, 6.45) is 4.36. The number of nitrogens with zero attached hydrogens (tertiary/aromatic N) is 2. The molecule has 2 rings (SSSR count). The summed E-state index contributed by atoms with van der Waals surface area (Å²) < 4.78 is 0.